The second kappa shape index (κ2) is 8.15. The molecule has 0 saturated heterocycles. The Morgan fingerprint density at radius 3 is 2.44 bits per heavy atom. The zero-order valence-corrected chi connectivity index (χ0v) is 17.9. The normalized spacial score (nSPS) is 11.7. The molecule has 0 spiro atoms. The van der Waals surface area contributed by atoms with E-state index >= 15 is 0 Å². The minimum Gasteiger partial charge on any atom is -0.325 e. The van der Waals surface area contributed by atoms with E-state index in [9.17, 15) is 18.0 Å². The van der Waals surface area contributed by atoms with E-state index in [1.165, 1.54) is 18.2 Å². The largest absolute Gasteiger partial charge is 0.418 e. The molecule has 7 heteroatoms. The van der Waals surface area contributed by atoms with Crippen molar-refractivity contribution in [1.29, 1.82) is 0 Å². The summed E-state index contributed by atoms with van der Waals surface area (Å²) in [5, 5.41) is 2.43. The molecule has 0 bridgehead atoms. The van der Waals surface area contributed by atoms with Gasteiger partial charge in [-0.25, -0.2) is 4.98 Å². The summed E-state index contributed by atoms with van der Waals surface area (Å²) in [6.07, 6.45) is -2.87. The van der Waals surface area contributed by atoms with Gasteiger partial charge in [0.25, 0.3) is 0 Å². The van der Waals surface area contributed by atoms with E-state index in [0.29, 0.717) is 17.0 Å². The van der Waals surface area contributed by atoms with Gasteiger partial charge in [0.15, 0.2) is 0 Å². The molecule has 4 aromatic rings. The number of aromatic nitrogens is 2. The maximum Gasteiger partial charge on any atom is 0.418 e. The van der Waals surface area contributed by atoms with Gasteiger partial charge in [-0.15, -0.1) is 0 Å². The molecular weight excluding hydrogens is 415 g/mol. The quantitative estimate of drug-likeness (QED) is 0.418. The van der Waals surface area contributed by atoms with Gasteiger partial charge in [-0.2, -0.15) is 13.2 Å². The number of amides is 1. The van der Waals surface area contributed by atoms with E-state index < -0.39 is 17.6 Å². The molecule has 2 heterocycles. The Balaban J connectivity index is 1.75. The number of nitrogens with zero attached hydrogens (tertiary/aromatic N) is 2. The first-order valence-electron chi connectivity index (χ1n) is 10.2. The summed E-state index contributed by atoms with van der Waals surface area (Å²) in [4.78, 5) is 17.6. The fourth-order valence-corrected chi connectivity index (χ4v) is 3.73. The minimum atomic E-state index is -4.56. The average Bonchev–Trinajstić information content (AvgIpc) is 3.09. The van der Waals surface area contributed by atoms with Crippen LogP contribution in [0.25, 0.3) is 16.9 Å². The fraction of sp³-hybridized carbons (Fsp3) is 0.200. The second-order valence-electron chi connectivity index (χ2n) is 7.86. The number of hydrogen-bond acceptors (Lipinski definition) is 2. The van der Waals surface area contributed by atoms with E-state index in [1.54, 1.807) is 0 Å². The molecule has 32 heavy (non-hydrogen) atoms. The molecule has 2 aromatic heterocycles. The molecule has 0 aliphatic heterocycles. The van der Waals surface area contributed by atoms with Gasteiger partial charge in [0.05, 0.1) is 29.1 Å². The summed E-state index contributed by atoms with van der Waals surface area (Å²) < 4.78 is 41.8. The number of benzene rings is 2. The first kappa shape index (κ1) is 21.6. The predicted molar refractivity (Wildman–Crippen MR) is 119 cm³/mol. The Labute approximate surface area is 183 Å². The number of pyridine rings is 1. The number of para-hydroxylation sites is 1. The number of halogens is 3. The molecule has 0 aliphatic carbocycles. The Kier molecular flexibility index (Phi) is 5.50. The molecule has 0 radical (unpaired) electrons. The summed E-state index contributed by atoms with van der Waals surface area (Å²) in [5.41, 5.74) is 4.85. The number of alkyl halides is 3. The number of carbonyl (C=O) groups is 1. The zero-order chi connectivity index (χ0) is 23.0. The van der Waals surface area contributed by atoms with Crippen LogP contribution in [0.4, 0.5) is 18.9 Å². The van der Waals surface area contributed by atoms with Gasteiger partial charge in [0.1, 0.15) is 5.65 Å². The lowest BCUT2D eigenvalue weighted by atomic mass is 10.0. The second-order valence-corrected chi connectivity index (χ2v) is 7.86. The fourth-order valence-electron chi connectivity index (χ4n) is 3.73. The Morgan fingerprint density at radius 1 is 0.969 bits per heavy atom. The number of imidazole rings is 1. The third-order valence-corrected chi connectivity index (χ3v) is 5.56. The van der Waals surface area contributed by atoms with E-state index in [4.69, 9.17) is 4.98 Å². The molecule has 2 aromatic carbocycles. The zero-order valence-electron chi connectivity index (χ0n) is 17.9. The molecule has 0 saturated carbocycles. The molecule has 0 atom stereocenters. The monoisotopic (exact) mass is 437 g/mol. The van der Waals surface area contributed by atoms with E-state index in [0.717, 1.165) is 28.3 Å². The number of aryl methyl sites for hydroxylation is 3. The highest BCUT2D eigenvalue weighted by Gasteiger charge is 2.33. The van der Waals surface area contributed by atoms with Crippen LogP contribution in [0, 0.1) is 20.8 Å². The highest BCUT2D eigenvalue weighted by Crippen LogP contribution is 2.35. The number of fused-ring (bicyclic) bond motifs is 1. The number of hydrogen-bond donors (Lipinski definition) is 1. The van der Waals surface area contributed by atoms with Gasteiger partial charge in [0.2, 0.25) is 5.91 Å². The number of rotatable bonds is 4. The number of carbonyl (C=O) groups excluding carboxylic acids is 1. The molecule has 4 nitrogen and oxygen atoms in total. The van der Waals surface area contributed by atoms with Crippen LogP contribution in [-0.2, 0) is 17.4 Å². The highest BCUT2D eigenvalue weighted by atomic mass is 19.4. The number of anilines is 1. The van der Waals surface area contributed by atoms with Crippen molar-refractivity contribution in [3.63, 3.8) is 0 Å². The SMILES string of the molecule is Cc1ccc(-c2nc3c(C)cccn3c2CC(=O)Nc2ccccc2C(F)(F)F)cc1C. The third kappa shape index (κ3) is 4.10. The topological polar surface area (TPSA) is 46.4 Å². The summed E-state index contributed by atoms with van der Waals surface area (Å²) >= 11 is 0. The maximum absolute atomic E-state index is 13.3. The van der Waals surface area contributed by atoms with Crippen LogP contribution in [0.3, 0.4) is 0 Å². The molecule has 1 amide bonds. The van der Waals surface area contributed by atoms with E-state index in [2.05, 4.69) is 5.32 Å². The lowest BCUT2D eigenvalue weighted by Crippen LogP contribution is -2.19. The highest BCUT2D eigenvalue weighted by molar-refractivity contribution is 5.94. The van der Waals surface area contributed by atoms with Crippen LogP contribution in [-0.4, -0.2) is 15.3 Å². The van der Waals surface area contributed by atoms with Crippen molar-refractivity contribution in [3.05, 3.63) is 88.7 Å². The van der Waals surface area contributed by atoms with Gasteiger partial charge in [0, 0.05) is 11.8 Å². The van der Waals surface area contributed by atoms with Gasteiger partial charge in [-0.1, -0.05) is 30.3 Å². The van der Waals surface area contributed by atoms with Crippen molar-refractivity contribution in [2.75, 3.05) is 5.32 Å². The maximum atomic E-state index is 13.3. The standard InChI is InChI=1S/C25H22F3N3O/c1-15-10-11-18(13-17(15)3)23-21(31-12-6-7-16(2)24(31)30-23)14-22(32)29-20-9-5-4-8-19(20)25(26,27)28/h4-13H,14H2,1-3H3,(H,29,32). The number of nitrogens with one attached hydrogen (secondary N) is 1. The predicted octanol–water partition coefficient (Wildman–Crippen LogP) is 6.13. The Hall–Kier alpha value is -3.61. The Morgan fingerprint density at radius 2 is 1.72 bits per heavy atom. The van der Waals surface area contributed by atoms with Crippen molar-refractivity contribution in [2.24, 2.45) is 0 Å². The van der Waals surface area contributed by atoms with E-state index in [1.807, 2.05) is 61.7 Å². The first-order chi connectivity index (χ1) is 15.1. The summed E-state index contributed by atoms with van der Waals surface area (Å²) in [5.74, 6) is -0.546. The molecular formula is C25H22F3N3O. The van der Waals surface area contributed by atoms with Gasteiger partial charge < -0.3 is 9.72 Å². The van der Waals surface area contributed by atoms with Gasteiger partial charge in [-0.05, 0) is 61.7 Å². The van der Waals surface area contributed by atoms with Crippen LogP contribution in [0.1, 0.15) is 27.9 Å². The van der Waals surface area contributed by atoms with Crippen LogP contribution in [0.2, 0.25) is 0 Å². The van der Waals surface area contributed by atoms with Crippen molar-refractivity contribution in [3.8, 4) is 11.3 Å². The van der Waals surface area contributed by atoms with Crippen LogP contribution in [0.5, 0.6) is 0 Å². The first-order valence-corrected chi connectivity index (χ1v) is 10.2. The molecule has 164 valence electrons. The lowest BCUT2D eigenvalue weighted by molar-refractivity contribution is -0.137. The third-order valence-electron chi connectivity index (χ3n) is 5.56. The summed E-state index contributed by atoms with van der Waals surface area (Å²) in [7, 11) is 0. The van der Waals surface area contributed by atoms with Crippen LogP contribution < -0.4 is 5.32 Å². The smallest absolute Gasteiger partial charge is 0.325 e. The van der Waals surface area contributed by atoms with Gasteiger partial charge in [-0.3, -0.25) is 4.79 Å². The van der Waals surface area contributed by atoms with Crippen molar-refractivity contribution < 1.29 is 18.0 Å². The molecule has 0 fully saturated rings. The van der Waals surface area contributed by atoms with Crippen molar-refractivity contribution >= 4 is 17.2 Å². The molecule has 1 N–H and O–H groups in total. The molecule has 0 unspecified atom stereocenters. The van der Waals surface area contributed by atoms with Gasteiger partial charge >= 0.3 is 6.18 Å². The van der Waals surface area contributed by atoms with Crippen LogP contribution in [0.15, 0.2) is 60.8 Å². The summed E-state index contributed by atoms with van der Waals surface area (Å²) in [6, 6.07) is 14.7. The minimum absolute atomic E-state index is 0.126. The van der Waals surface area contributed by atoms with Crippen molar-refractivity contribution in [1.82, 2.24) is 9.38 Å². The van der Waals surface area contributed by atoms with Crippen molar-refractivity contribution in [2.45, 2.75) is 33.4 Å². The van der Waals surface area contributed by atoms with E-state index in [-0.39, 0.29) is 12.1 Å². The molecule has 4 rings (SSSR count). The molecule has 0 aliphatic rings. The lowest BCUT2D eigenvalue weighted by Gasteiger charge is -2.14. The summed E-state index contributed by atoms with van der Waals surface area (Å²) in [6.45, 7) is 5.94. The Bertz CT molecular complexity index is 1320. The van der Waals surface area contributed by atoms with Crippen LogP contribution >= 0.6 is 0 Å². The average molecular weight is 437 g/mol.